The number of amides is 1. The Bertz CT molecular complexity index is 873. The number of hydrogen-bond donors (Lipinski definition) is 2. The fourth-order valence-corrected chi connectivity index (χ4v) is 4.38. The highest BCUT2D eigenvalue weighted by molar-refractivity contribution is 5.82. The first-order chi connectivity index (χ1) is 13.4. The lowest BCUT2D eigenvalue weighted by molar-refractivity contribution is -0.132. The van der Waals surface area contributed by atoms with E-state index in [0.717, 1.165) is 42.9 Å². The van der Waals surface area contributed by atoms with Crippen molar-refractivity contribution in [2.45, 2.75) is 37.4 Å². The first kappa shape index (κ1) is 19.0. The van der Waals surface area contributed by atoms with Crippen molar-refractivity contribution in [1.29, 1.82) is 0 Å². The predicted octanol–water partition coefficient (Wildman–Crippen LogP) is 1.78. The van der Waals surface area contributed by atoms with Crippen molar-refractivity contribution in [2.75, 3.05) is 27.2 Å². The number of piperidine rings is 1. The third-order valence-electron chi connectivity index (χ3n) is 5.87. The molecule has 8 heteroatoms. The molecule has 0 saturated carbocycles. The number of H-pyrrole nitrogens is 1. The Morgan fingerprint density at radius 2 is 2.04 bits per heavy atom. The monoisotopic (exact) mass is 389 g/mol. The third-order valence-corrected chi connectivity index (χ3v) is 5.87. The number of likely N-dealkylation sites (tertiary alicyclic amines) is 1. The highest BCUT2D eigenvalue weighted by Crippen LogP contribution is 2.38. The van der Waals surface area contributed by atoms with Crippen LogP contribution in [-0.4, -0.2) is 58.9 Å². The van der Waals surface area contributed by atoms with E-state index in [1.165, 1.54) is 12.1 Å². The minimum absolute atomic E-state index is 0.0591. The van der Waals surface area contributed by atoms with Crippen LogP contribution in [0.15, 0.2) is 24.5 Å². The minimum Gasteiger partial charge on any atom is -0.348 e. The highest BCUT2D eigenvalue weighted by atomic mass is 19.2. The van der Waals surface area contributed by atoms with Crippen LogP contribution in [0.1, 0.15) is 29.8 Å². The third kappa shape index (κ3) is 3.42. The van der Waals surface area contributed by atoms with Gasteiger partial charge in [0, 0.05) is 45.8 Å². The van der Waals surface area contributed by atoms with Crippen LogP contribution in [0.2, 0.25) is 0 Å². The number of likely N-dealkylation sites (N-methyl/N-ethyl adjacent to an activating group) is 1. The molecule has 150 valence electrons. The lowest BCUT2D eigenvalue weighted by Crippen LogP contribution is -2.61. The van der Waals surface area contributed by atoms with E-state index in [2.05, 4.69) is 20.2 Å². The molecule has 1 spiro atoms. The molecule has 2 N–H and O–H groups in total. The zero-order valence-corrected chi connectivity index (χ0v) is 16.1. The molecular weight excluding hydrogens is 364 g/mol. The first-order valence-corrected chi connectivity index (χ1v) is 9.56. The Hall–Kier alpha value is -2.32. The molecule has 1 amide bonds. The SMILES string of the molecule is CN(C)C(=O)[C@@H]1Cc2[nH]cnc2C2(CCN(Cc3ccc(F)c(F)c3)CC2)N1. The standard InChI is InChI=1S/C20H25F2N5O/c1-26(2)19(28)17-10-16-18(24-12-23-16)20(25-17)5-7-27(8-6-20)11-13-3-4-14(21)15(22)9-13/h3-4,9,12,17,25H,5-8,10-11H2,1-2H3,(H,23,24)/t17-/m0/s1. The average Bonchev–Trinajstić information content (AvgIpc) is 3.15. The molecule has 28 heavy (non-hydrogen) atoms. The van der Waals surface area contributed by atoms with Gasteiger partial charge in [-0.15, -0.1) is 0 Å². The second-order valence-electron chi connectivity index (χ2n) is 7.97. The van der Waals surface area contributed by atoms with E-state index < -0.39 is 11.6 Å². The summed E-state index contributed by atoms with van der Waals surface area (Å²) < 4.78 is 26.6. The number of carbonyl (C=O) groups excluding carboxylic acids is 1. The van der Waals surface area contributed by atoms with Gasteiger partial charge in [-0.25, -0.2) is 13.8 Å². The van der Waals surface area contributed by atoms with Crippen LogP contribution in [0, 0.1) is 11.6 Å². The molecule has 0 bridgehead atoms. The summed E-state index contributed by atoms with van der Waals surface area (Å²) in [6, 6.07) is 3.78. The molecule has 6 nitrogen and oxygen atoms in total. The maximum absolute atomic E-state index is 13.5. The van der Waals surface area contributed by atoms with Crippen LogP contribution >= 0.6 is 0 Å². The van der Waals surface area contributed by atoms with Gasteiger partial charge in [0.05, 0.1) is 23.6 Å². The molecule has 0 aliphatic carbocycles. The molecule has 1 aromatic heterocycles. The van der Waals surface area contributed by atoms with Crippen molar-refractivity contribution >= 4 is 5.91 Å². The molecule has 1 aromatic carbocycles. The summed E-state index contributed by atoms with van der Waals surface area (Å²) in [7, 11) is 3.53. The Kier molecular flexibility index (Phi) is 4.93. The van der Waals surface area contributed by atoms with Gasteiger partial charge in [-0.1, -0.05) is 6.07 Å². The van der Waals surface area contributed by atoms with Crippen molar-refractivity contribution in [3.63, 3.8) is 0 Å². The van der Waals surface area contributed by atoms with Crippen molar-refractivity contribution in [3.8, 4) is 0 Å². The van der Waals surface area contributed by atoms with Crippen LogP contribution in [0.3, 0.4) is 0 Å². The first-order valence-electron chi connectivity index (χ1n) is 9.56. The summed E-state index contributed by atoms with van der Waals surface area (Å²) >= 11 is 0. The summed E-state index contributed by atoms with van der Waals surface area (Å²) in [5.41, 5.74) is 2.44. The Morgan fingerprint density at radius 3 is 2.71 bits per heavy atom. The zero-order chi connectivity index (χ0) is 19.9. The quantitative estimate of drug-likeness (QED) is 0.840. The summed E-state index contributed by atoms with van der Waals surface area (Å²) in [5, 5.41) is 3.58. The van der Waals surface area contributed by atoms with E-state index in [-0.39, 0.29) is 17.5 Å². The molecular formula is C20H25F2N5O. The van der Waals surface area contributed by atoms with E-state index in [1.54, 1.807) is 31.4 Å². The van der Waals surface area contributed by atoms with Gasteiger partial charge in [-0.05, 0) is 30.5 Å². The molecule has 4 rings (SSSR count). The normalized spacial score (nSPS) is 21.5. The van der Waals surface area contributed by atoms with E-state index in [0.29, 0.717) is 13.0 Å². The zero-order valence-electron chi connectivity index (χ0n) is 16.1. The molecule has 1 atom stereocenters. The van der Waals surface area contributed by atoms with Crippen LogP contribution in [0.4, 0.5) is 8.78 Å². The van der Waals surface area contributed by atoms with Gasteiger partial charge >= 0.3 is 0 Å². The number of fused-ring (bicyclic) bond motifs is 2. The number of hydrogen-bond acceptors (Lipinski definition) is 4. The summed E-state index contributed by atoms with van der Waals surface area (Å²) in [5.74, 6) is -1.58. The molecule has 2 aromatic rings. The van der Waals surface area contributed by atoms with Gasteiger partial charge in [0.25, 0.3) is 0 Å². The fraction of sp³-hybridized carbons (Fsp3) is 0.500. The number of aromatic nitrogens is 2. The topological polar surface area (TPSA) is 64.3 Å². The number of rotatable bonds is 3. The van der Waals surface area contributed by atoms with Gasteiger partial charge in [0.1, 0.15) is 0 Å². The lowest BCUT2D eigenvalue weighted by Gasteiger charge is -2.46. The van der Waals surface area contributed by atoms with Gasteiger partial charge in [-0.2, -0.15) is 0 Å². The molecule has 0 radical (unpaired) electrons. The van der Waals surface area contributed by atoms with Crippen LogP contribution in [-0.2, 0) is 23.3 Å². The van der Waals surface area contributed by atoms with Gasteiger partial charge in [-0.3, -0.25) is 15.0 Å². The van der Waals surface area contributed by atoms with Crippen LogP contribution in [0.25, 0.3) is 0 Å². The Morgan fingerprint density at radius 1 is 1.29 bits per heavy atom. The van der Waals surface area contributed by atoms with Crippen molar-refractivity contribution in [2.24, 2.45) is 0 Å². The molecule has 1 fully saturated rings. The second kappa shape index (κ2) is 7.25. The van der Waals surface area contributed by atoms with Gasteiger partial charge < -0.3 is 9.88 Å². The molecule has 3 heterocycles. The van der Waals surface area contributed by atoms with E-state index in [9.17, 15) is 13.6 Å². The molecule has 2 aliphatic heterocycles. The van der Waals surface area contributed by atoms with Crippen LogP contribution < -0.4 is 5.32 Å². The number of nitrogens with zero attached hydrogens (tertiary/aromatic N) is 3. The average molecular weight is 389 g/mol. The lowest BCUT2D eigenvalue weighted by atomic mass is 9.78. The van der Waals surface area contributed by atoms with E-state index in [1.807, 2.05) is 0 Å². The number of carbonyl (C=O) groups is 1. The smallest absolute Gasteiger partial charge is 0.239 e. The van der Waals surface area contributed by atoms with Gasteiger partial charge in [0.15, 0.2) is 11.6 Å². The fourth-order valence-electron chi connectivity index (χ4n) is 4.38. The Balaban J connectivity index is 1.49. The van der Waals surface area contributed by atoms with Crippen molar-refractivity contribution in [3.05, 3.63) is 53.1 Å². The predicted molar refractivity (Wildman–Crippen MR) is 100 cm³/mol. The maximum atomic E-state index is 13.5. The molecule has 1 saturated heterocycles. The van der Waals surface area contributed by atoms with Crippen LogP contribution in [0.5, 0.6) is 0 Å². The van der Waals surface area contributed by atoms with E-state index >= 15 is 0 Å². The number of halogens is 2. The largest absolute Gasteiger partial charge is 0.348 e. The number of nitrogens with one attached hydrogen (secondary N) is 2. The number of benzene rings is 1. The minimum atomic E-state index is -0.824. The number of aromatic amines is 1. The highest BCUT2D eigenvalue weighted by Gasteiger charge is 2.45. The number of imidazole rings is 1. The molecule has 2 aliphatic rings. The second-order valence-corrected chi connectivity index (χ2v) is 7.97. The summed E-state index contributed by atoms with van der Waals surface area (Å²) in [6.07, 6.45) is 3.90. The summed E-state index contributed by atoms with van der Waals surface area (Å²) in [6.45, 7) is 2.13. The maximum Gasteiger partial charge on any atom is 0.239 e. The Labute approximate surface area is 162 Å². The van der Waals surface area contributed by atoms with E-state index in [4.69, 9.17) is 0 Å². The summed E-state index contributed by atoms with van der Waals surface area (Å²) in [4.78, 5) is 24.2. The van der Waals surface area contributed by atoms with Gasteiger partial charge in [0.2, 0.25) is 5.91 Å². The van der Waals surface area contributed by atoms with Crippen molar-refractivity contribution < 1.29 is 13.6 Å². The molecule has 0 unspecified atom stereocenters. The van der Waals surface area contributed by atoms with Crippen molar-refractivity contribution in [1.82, 2.24) is 25.1 Å².